The lowest BCUT2D eigenvalue weighted by Gasteiger charge is -2.35. The van der Waals surface area contributed by atoms with Crippen LogP contribution in [-0.4, -0.2) is 37.3 Å². The Balaban J connectivity index is 0.00000200. The molecule has 1 aromatic rings. The smallest absolute Gasteiger partial charge is 0.314 e. The fourth-order valence-corrected chi connectivity index (χ4v) is 2.36. The second-order valence-corrected chi connectivity index (χ2v) is 4.67. The van der Waals surface area contributed by atoms with Gasteiger partial charge in [-0.25, -0.2) is 4.39 Å². The largest absolute Gasteiger partial charge is 0.390 e. The number of hydrogen-bond donors (Lipinski definition) is 1. The van der Waals surface area contributed by atoms with Gasteiger partial charge in [-0.2, -0.15) is 13.2 Å². The van der Waals surface area contributed by atoms with Crippen LogP contribution in [0.3, 0.4) is 0 Å². The minimum atomic E-state index is -4.23. The van der Waals surface area contributed by atoms with E-state index in [0.29, 0.717) is 31.7 Å². The molecule has 1 heterocycles. The zero-order chi connectivity index (χ0) is 13.9. The van der Waals surface area contributed by atoms with Crippen molar-refractivity contribution in [2.24, 2.45) is 0 Å². The summed E-state index contributed by atoms with van der Waals surface area (Å²) in [4.78, 5) is 1.80. The summed E-state index contributed by atoms with van der Waals surface area (Å²) in [7, 11) is 0. The third-order valence-corrected chi connectivity index (χ3v) is 3.27. The molecule has 0 saturated carbocycles. The predicted molar refractivity (Wildman–Crippen MR) is 71.5 cm³/mol. The van der Waals surface area contributed by atoms with Crippen molar-refractivity contribution in [2.45, 2.75) is 18.6 Å². The highest BCUT2D eigenvalue weighted by molar-refractivity contribution is 5.85. The third kappa shape index (κ3) is 4.92. The van der Waals surface area contributed by atoms with Crippen LogP contribution in [0, 0.1) is 5.82 Å². The first kappa shape index (κ1) is 17.2. The van der Waals surface area contributed by atoms with E-state index in [1.807, 2.05) is 0 Å². The van der Waals surface area contributed by atoms with E-state index in [1.165, 1.54) is 24.3 Å². The Morgan fingerprint density at radius 2 is 1.65 bits per heavy atom. The summed E-state index contributed by atoms with van der Waals surface area (Å²) < 4.78 is 51.0. The van der Waals surface area contributed by atoms with Gasteiger partial charge in [-0.15, -0.1) is 12.4 Å². The molecule has 1 N–H and O–H groups in total. The zero-order valence-electron chi connectivity index (χ0n) is 10.8. The molecule has 0 amide bonds. The van der Waals surface area contributed by atoms with Crippen molar-refractivity contribution >= 4 is 12.4 Å². The standard InChI is InChI=1S/C13H16F4N2.ClH/c14-11-3-1-10(2-4-11)12(9-13(15,16)17)19-7-5-18-6-8-19;/h1-4,12,18H,5-9H2;1H/t12-;/m1./s1. The van der Waals surface area contributed by atoms with Crippen LogP contribution in [-0.2, 0) is 0 Å². The maximum absolute atomic E-state index is 12.9. The summed E-state index contributed by atoms with van der Waals surface area (Å²) in [5.41, 5.74) is 0.514. The summed E-state index contributed by atoms with van der Waals surface area (Å²) in [5, 5.41) is 3.11. The number of nitrogens with zero attached hydrogens (tertiary/aromatic N) is 1. The second kappa shape index (κ2) is 7.24. The molecule has 2 nitrogen and oxygen atoms in total. The maximum atomic E-state index is 12.9. The van der Waals surface area contributed by atoms with Gasteiger partial charge in [-0.1, -0.05) is 12.1 Å². The van der Waals surface area contributed by atoms with E-state index in [0.717, 1.165) is 0 Å². The first-order valence-corrected chi connectivity index (χ1v) is 6.23. The molecule has 0 aromatic heterocycles. The van der Waals surface area contributed by atoms with Crippen LogP contribution in [0.15, 0.2) is 24.3 Å². The fraction of sp³-hybridized carbons (Fsp3) is 0.538. The molecule has 0 radical (unpaired) electrons. The Hall–Kier alpha value is -0.850. The third-order valence-electron chi connectivity index (χ3n) is 3.27. The number of piperazine rings is 1. The number of nitrogens with one attached hydrogen (secondary N) is 1. The van der Waals surface area contributed by atoms with Crippen molar-refractivity contribution in [3.63, 3.8) is 0 Å². The number of halogens is 5. The van der Waals surface area contributed by atoms with Crippen molar-refractivity contribution < 1.29 is 17.6 Å². The van der Waals surface area contributed by atoms with Gasteiger partial charge in [0.05, 0.1) is 6.42 Å². The summed E-state index contributed by atoms with van der Waals surface area (Å²) in [6, 6.07) is 4.56. The van der Waals surface area contributed by atoms with Crippen LogP contribution in [0.1, 0.15) is 18.0 Å². The van der Waals surface area contributed by atoms with Gasteiger partial charge >= 0.3 is 6.18 Å². The summed E-state index contributed by atoms with van der Waals surface area (Å²) in [6.07, 6.45) is -5.14. The molecule has 7 heteroatoms. The van der Waals surface area contributed by atoms with Crippen molar-refractivity contribution in [1.29, 1.82) is 0 Å². The average Bonchev–Trinajstić information content (AvgIpc) is 2.37. The first-order valence-electron chi connectivity index (χ1n) is 6.23. The highest BCUT2D eigenvalue weighted by atomic mass is 35.5. The number of alkyl halides is 3. The van der Waals surface area contributed by atoms with E-state index < -0.39 is 24.5 Å². The molecule has 0 bridgehead atoms. The van der Waals surface area contributed by atoms with E-state index in [4.69, 9.17) is 0 Å². The van der Waals surface area contributed by atoms with Gasteiger partial charge in [0, 0.05) is 32.2 Å². The summed E-state index contributed by atoms with van der Waals surface area (Å²) in [5.74, 6) is -0.435. The molecule has 0 spiro atoms. The normalized spacial score (nSPS) is 18.4. The molecule has 0 unspecified atom stereocenters. The van der Waals surface area contributed by atoms with Crippen molar-refractivity contribution in [2.75, 3.05) is 26.2 Å². The molecule has 1 atom stereocenters. The molecular formula is C13H17ClF4N2. The fourth-order valence-electron chi connectivity index (χ4n) is 2.36. The minimum Gasteiger partial charge on any atom is -0.314 e. The number of benzene rings is 1. The van der Waals surface area contributed by atoms with E-state index in [9.17, 15) is 17.6 Å². The maximum Gasteiger partial charge on any atom is 0.390 e. The Labute approximate surface area is 121 Å². The van der Waals surface area contributed by atoms with Crippen LogP contribution in [0.2, 0.25) is 0 Å². The van der Waals surface area contributed by atoms with Gasteiger partial charge in [0.2, 0.25) is 0 Å². The monoisotopic (exact) mass is 312 g/mol. The Bertz CT molecular complexity index is 402. The van der Waals surface area contributed by atoms with Gasteiger partial charge in [-0.3, -0.25) is 4.90 Å². The molecule has 1 aliphatic heterocycles. The predicted octanol–water partition coefficient (Wildman–Crippen LogP) is 3.15. The molecule has 2 rings (SSSR count). The van der Waals surface area contributed by atoms with Crippen LogP contribution in [0.25, 0.3) is 0 Å². The van der Waals surface area contributed by atoms with E-state index >= 15 is 0 Å². The average molecular weight is 313 g/mol. The SMILES string of the molecule is Cl.Fc1ccc([C@@H](CC(F)(F)F)N2CCNCC2)cc1. The lowest BCUT2D eigenvalue weighted by Crippen LogP contribution is -2.46. The molecule has 1 saturated heterocycles. The highest BCUT2D eigenvalue weighted by Crippen LogP contribution is 2.33. The number of rotatable bonds is 3. The summed E-state index contributed by atoms with van der Waals surface area (Å²) >= 11 is 0. The van der Waals surface area contributed by atoms with Crippen molar-refractivity contribution in [1.82, 2.24) is 10.2 Å². The van der Waals surface area contributed by atoms with Crippen molar-refractivity contribution in [3.05, 3.63) is 35.6 Å². The molecule has 0 aliphatic carbocycles. The molecule has 1 aromatic carbocycles. The second-order valence-electron chi connectivity index (χ2n) is 4.67. The van der Waals surface area contributed by atoms with Crippen LogP contribution in [0.5, 0.6) is 0 Å². The zero-order valence-corrected chi connectivity index (χ0v) is 11.6. The van der Waals surface area contributed by atoms with Gasteiger partial charge in [0.1, 0.15) is 5.82 Å². The van der Waals surface area contributed by atoms with Gasteiger partial charge in [0.25, 0.3) is 0 Å². The van der Waals surface area contributed by atoms with Crippen LogP contribution >= 0.6 is 12.4 Å². The van der Waals surface area contributed by atoms with E-state index in [1.54, 1.807) is 4.90 Å². The van der Waals surface area contributed by atoms with Gasteiger partial charge in [0.15, 0.2) is 0 Å². The lowest BCUT2D eigenvalue weighted by atomic mass is 10.0. The first-order chi connectivity index (χ1) is 8.96. The molecule has 20 heavy (non-hydrogen) atoms. The molecular weight excluding hydrogens is 296 g/mol. The van der Waals surface area contributed by atoms with Crippen molar-refractivity contribution in [3.8, 4) is 0 Å². The van der Waals surface area contributed by atoms with Crippen LogP contribution < -0.4 is 5.32 Å². The lowest BCUT2D eigenvalue weighted by molar-refractivity contribution is -0.148. The summed E-state index contributed by atoms with van der Waals surface area (Å²) in [6.45, 7) is 2.49. The van der Waals surface area contributed by atoms with Gasteiger partial charge < -0.3 is 5.32 Å². The minimum absolute atomic E-state index is 0. The Morgan fingerprint density at radius 1 is 1.10 bits per heavy atom. The Morgan fingerprint density at radius 3 is 2.15 bits per heavy atom. The van der Waals surface area contributed by atoms with E-state index in [-0.39, 0.29) is 12.4 Å². The van der Waals surface area contributed by atoms with E-state index in [2.05, 4.69) is 5.32 Å². The topological polar surface area (TPSA) is 15.3 Å². The molecule has 1 aliphatic rings. The highest BCUT2D eigenvalue weighted by Gasteiger charge is 2.35. The number of hydrogen-bond acceptors (Lipinski definition) is 2. The quantitative estimate of drug-likeness (QED) is 0.863. The molecule has 114 valence electrons. The molecule has 1 fully saturated rings. The van der Waals surface area contributed by atoms with Gasteiger partial charge in [-0.05, 0) is 17.7 Å². The van der Waals surface area contributed by atoms with Crippen LogP contribution in [0.4, 0.5) is 17.6 Å². The Kier molecular flexibility index (Phi) is 6.23.